The van der Waals surface area contributed by atoms with Crippen LogP contribution < -0.4 is 9.47 Å². The van der Waals surface area contributed by atoms with Crippen LogP contribution in [0.2, 0.25) is 5.02 Å². The van der Waals surface area contributed by atoms with Crippen molar-refractivity contribution in [2.24, 2.45) is 0 Å². The van der Waals surface area contributed by atoms with Crippen molar-refractivity contribution in [2.75, 3.05) is 39.9 Å². The fraction of sp³-hybridized carbons (Fsp3) is 0.304. The van der Waals surface area contributed by atoms with E-state index in [-0.39, 0.29) is 12.5 Å². The van der Waals surface area contributed by atoms with Crippen molar-refractivity contribution in [1.29, 1.82) is 0 Å². The van der Waals surface area contributed by atoms with E-state index in [9.17, 15) is 4.79 Å². The third-order valence-corrected chi connectivity index (χ3v) is 6.35. The summed E-state index contributed by atoms with van der Waals surface area (Å²) in [5.74, 6) is 1.34. The molecule has 8 heteroatoms. The summed E-state index contributed by atoms with van der Waals surface area (Å²) < 4.78 is 10.8. The number of methoxy groups -OCH3 is 1. The van der Waals surface area contributed by atoms with Gasteiger partial charge in [0, 0.05) is 54.8 Å². The fourth-order valence-electron chi connectivity index (χ4n) is 3.42. The summed E-state index contributed by atoms with van der Waals surface area (Å²) in [5.41, 5.74) is 2.13. The maximum atomic E-state index is 12.5. The Morgan fingerprint density at radius 3 is 2.58 bits per heavy atom. The van der Waals surface area contributed by atoms with E-state index in [4.69, 9.17) is 26.1 Å². The van der Waals surface area contributed by atoms with Gasteiger partial charge in [0.05, 0.1) is 12.8 Å². The van der Waals surface area contributed by atoms with E-state index in [1.54, 1.807) is 24.5 Å². The molecule has 6 nitrogen and oxygen atoms in total. The third-order valence-electron chi connectivity index (χ3n) is 5.16. The molecule has 1 aliphatic heterocycles. The number of benzene rings is 2. The first kappa shape index (κ1) is 21.6. The number of hydrogen-bond acceptors (Lipinski definition) is 6. The Bertz CT molecular complexity index is 1020. The van der Waals surface area contributed by atoms with E-state index in [2.05, 4.69) is 10.3 Å². The van der Waals surface area contributed by atoms with Crippen LogP contribution in [0.3, 0.4) is 0 Å². The highest BCUT2D eigenvalue weighted by atomic mass is 35.5. The number of halogens is 1. The number of piperazine rings is 1. The zero-order valence-corrected chi connectivity index (χ0v) is 18.9. The Hall–Kier alpha value is -2.61. The summed E-state index contributed by atoms with van der Waals surface area (Å²) in [6.45, 7) is 3.83. The first-order valence-electron chi connectivity index (χ1n) is 10.1. The molecule has 0 N–H and O–H groups in total. The van der Waals surface area contributed by atoms with Gasteiger partial charge in [-0.25, -0.2) is 4.98 Å². The summed E-state index contributed by atoms with van der Waals surface area (Å²) >= 11 is 7.60. The van der Waals surface area contributed by atoms with Crippen LogP contribution in [0.1, 0.15) is 5.69 Å². The van der Waals surface area contributed by atoms with Gasteiger partial charge >= 0.3 is 0 Å². The lowest BCUT2D eigenvalue weighted by atomic mass is 10.2. The summed E-state index contributed by atoms with van der Waals surface area (Å²) in [5, 5.41) is 3.82. The number of hydrogen-bond donors (Lipinski definition) is 0. The molecule has 1 aromatic heterocycles. The quantitative estimate of drug-likeness (QED) is 0.532. The largest absolute Gasteiger partial charge is 0.497 e. The van der Waals surface area contributed by atoms with Crippen LogP contribution in [0, 0.1) is 0 Å². The Morgan fingerprint density at radius 2 is 1.84 bits per heavy atom. The highest BCUT2D eigenvalue weighted by Crippen LogP contribution is 2.26. The molecule has 0 spiro atoms. The third kappa shape index (κ3) is 5.76. The Labute approximate surface area is 191 Å². The lowest BCUT2D eigenvalue weighted by Crippen LogP contribution is -2.49. The standard InChI is InChI=1S/C23H24ClN3O3S/c1-29-20-3-2-4-21(13-20)30-15-22(28)27-11-9-26(10-12-27)14-19-16-31-23(25-19)17-5-7-18(24)8-6-17/h2-8,13,16H,9-12,14-15H2,1H3. The molecule has 1 fully saturated rings. The second-order valence-corrected chi connectivity index (χ2v) is 8.57. The number of ether oxygens (including phenoxy) is 2. The van der Waals surface area contributed by atoms with Gasteiger partial charge in [-0.15, -0.1) is 11.3 Å². The maximum Gasteiger partial charge on any atom is 0.260 e. The molecule has 2 aromatic carbocycles. The van der Waals surface area contributed by atoms with Crippen molar-refractivity contribution >= 4 is 28.8 Å². The highest BCUT2D eigenvalue weighted by Gasteiger charge is 2.22. The van der Waals surface area contributed by atoms with E-state index in [1.165, 1.54) is 0 Å². The van der Waals surface area contributed by atoms with Gasteiger partial charge < -0.3 is 14.4 Å². The zero-order valence-electron chi connectivity index (χ0n) is 17.3. The van der Waals surface area contributed by atoms with Crippen LogP contribution in [0.15, 0.2) is 53.9 Å². The molecule has 0 atom stereocenters. The van der Waals surface area contributed by atoms with Crippen LogP contribution in [0.25, 0.3) is 10.6 Å². The summed E-state index contributed by atoms with van der Waals surface area (Å²) in [7, 11) is 1.61. The molecule has 1 saturated heterocycles. The van der Waals surface area contributed by atoms with Gasteiger partial charge in [0.25, 0.3) is 5.91 Å². The molecule has 31 heavy (non-hydrogen) atoms. The highest BCUT2D eigenvalue weighted by molar-refractivity contribution is 7.13. The van der Waals surface area contributed by atoms with Gasteiger partial charge in [0.1, 0.15) is 16.5 Å². The van der Waals surface area contributed by atoms with E-state index < -0.39 is 0 Å². The lowest BCUT2D eigenvalue weighted by Gasteiger charge is -2.34. The second kappa shape index (κ2) is 10.1. The summed E-state index contributed by atoms with van der Waals surface area (Å²) in [4.78, 5) is 21.4. The average molecular weight is 458 g/mol. The minimum absolute atomic E-state index is 0.00107. The predicted molar refractivity (Wildman–Crippen MR) is 123 cm³/mol. The molecule has 3 aromatic rings. The number of thiazole rings is 1. The average Bonchev–Trinajstić information content (AvgIpc) is 3.27. The van der Waals surface area contributed by atoms with Crippen molar-refractivity contribution in [2.45, 2.75) is 6.54 Å². The second-order valence-electron chi connectivity index (χ2n) is 7.28. The Balaban J connectivity index is 1.24. The number of carbonyl (C=O) groups excluding carboxylic acids is 1. The van der Waals surface area contributed by atoms with Crippen LogP contribution >= 0.6 is 22.9 Å². The summed E-state index contributed by atoms with van der Waals surface area (Å²) in [6.07, 6.45) is 0. The van der Waals surface area contributed by atoms with Gasteiger partial charge in [-0.3, -0.25) is 9.69 Å². The van der Waals surface area contributed by atoms with Crippen molar-refractivity contribution in [3.8, 4) is 22.1 Å². The van der Waals surface area contributed by atoms with Gasteiger partial charge in [-0.1, -0.05) is 29.8 Å². The maximum absolute atomic E-state index is 12.5. The molecule has 0 saturated carbocycles. The Kier molecular flexibility index (Phi) is 7.06. The van der Waals surface area contributed by atoms with Crippen LogP contribution in [-0.2, 0) is 11.3 Å². The molecule has 2 heterocycles. The molecule has 1 aliphatic rings. The number of carbonyl (C=O) groups is 1. The molecular weight excluding hydrogens is 434 g/mol. The summed E-state index contributed by atoms with van der Waals surface area (Å²) in [6, 6.07) is 15.0. The Morgan fingerprint density at radius 1 is 1.10 bits per heavy atom. The van der Waals surface area contributed by atoms with Gasteiger partial charge in [-0.05, 0) is 24.3 Å². The zero-order chi connectivity index (χ0) is 21.6. The minimum atomic E-state index is 0.00107. The van der Waals surface area contributed by atoms with Gasteiger partial charge in [-0.2, -0.15) is 0 Å². The van der Waals surface area contributed by atoms with Crippen molar-refractivity contribution in [1.82, 2.24) is 14.8 Å². The number of nitrogens with zero attached hydrogens (tertiary/aromatic N) is 3. The van der Waals surface area contributed by atoms with Gasteiger partial charge in [0.2, 0.25) is 0 Å². The fourth-order valence-corrected chi connectivity index (χ4v) is 4.36. The molecule has 4 rings (SSSR count). The molecule has 0 radical (unpaired) electrons. The minimum Gasteiger partial charge on any atom is -0.497 e. The first-order chi connectivity index (χ1) is 15.1. The van der Waals surface area contributed by atoms with E-state index in [0.29, 0.717) is 24.6 Å². The molecule has 0 unspecified atom stereocenters. The van der Waals surface area contributed by atoms with Gasteiger partial charge in [0.15, 0.2) is 6.61 Å². The smallest absolute Gasteiger partial charge is 0.260 e. The molecule has 0 aliphatic carbocycles. The SMILES string of the molecule is COc1cccc(OCC(=O)N2CCN(Cc3csc(-c4ccc(Cl)cc4)n3)CC2)c1. The number of aromatic nitrogens is 1. The topological polar surface area (TPSA) is 54.9 Å². The van der Waals surface area contributed by atoms with E-state index in [1.807, 2.05) is 47.4 Å². The van der Waals surface area contributed by atoms with Crippen LogP contribution in [-0.4, -0.2) is 60.6 Å². The van der Waals surface area contributed by atoms with E-state index in [0.717, 1.165) is 40.9 Å². The van der Waals surface area contributed by atoms with Crippen LogP contribution in [0.4, 0.5) is 0 Å². The van der Waals surface area contributed by atoms with Crippen molar-refractivity contribution in [3.63, 3.8) is 0 Å². The van der Waals surface area contributed by atoms with E-state index >= 15 is 0 Å². The molecule has 1 amide bonds. The lowest BCUT2D eigenvalue weighted by molar-refractivity contribution is -0.135. The molecule has 0 bridgehead atoms. The normalized spacial score (nSPS) is 14.5. The molecule has 162 valence electrons. The number of rotatable bonds is 7. The van der Waals surface area contributed by atoms with Crippen LogP contribution in [0.5, 0.6) is 11.5 Å². The predicted octanol–water partition coefficient (Wildman–Crippen LogP) is 4.20. The molecular formula is C23H24ClN3O3S. The van der Waals surface area contributed by atoms with Crippen molar-refractivity contribution < 1.29 is 14.3 Å². The number of amides is 1. The first-order valence-corrected chi connectivity index (χ1v) is 11.3. The monoisotopic (exact) mass is 457 g/mol. The van der Waals surface area contributed by atoms with Crippen molar-refractivity contribution in [3.05, 3.63) is 64.6 Å².